The van der Waals surface area contributed by atoms with E-state index in [-0.39, 0.29) is 11.1 Å². The second-order valence-corrected chi connectivity index (χ2v) is 5.95. The molecule has 116 valence electrons. The third kappa shape index (κ3) is 4.68. The average molecular weight is 314 g/mol. The van der Waals surface area contributed by atoms with Gasteiger partial charge in [-0.1, -0.05) is 37.3 Å². The van der Waals surface area contributed by atoms with Crippen molar-refractivity contribution in [3.05, 3.63) is 34.6 Å². The quantitative estimate of drug-likeness (QED) is 0.674. The second-order valence-electron chi connectivity index (χ2n) is 5.51. The summed E-state index contributed by atoms with van der Waals surface area (Å²) in [6, 6.07) is 3.74. The molecule has 1 atom stereocenters. The first-order chi connectivity index (χ1) is 10.1. The normalized spacial score (nSPS) is 18.0. The van der Waals surface area contributed by atoms with Gasteiger partial charge in [-0.25, -0.2) is 9.18 Å². The van der Waals surface area contributed by atoms with E-state index in [1.807, 2.05) is 0 Å². The number of esters is 1. The van der Waals surface area contributed by atoms with Crippen LogP contribution >= 0.6 is 11.6 Å². The third-order valence-corrected chi connectivity index (χ3v) is 4.13. The highest BCUT2D eigenvalue weighted by molar-refractivity contribution is 6.30. The molecule has 1 aromatic carbocycles. The molecule has 0 spiro atoms. The summed E-state index contributed by atoms with van der Waals surface area (Å²) in [6.45, 7) is 0. The Morgan fingerprint density at radius 2 is 1.95 bits per heavy atom. The Bertz CT molecular complexity index is 467. The number of hydrogen-bond acceptors (Lipinski definition) is 3. The molecule has 0 aliphatic heterocycles. The van der Waals surface area contributed by atoms with E-state index in [9.17, 15) is 9.18 Å². The molecule has 1 aliphatic carbocycles. The van der Waals surface area contributed by atoms with Crippen LogP contribution in [0.4, 0.5) is 4.39 Å². The van der Waals surface area contributed by atoms with E-state index in [1.165, 1.54) is 32.1 Å². The standard InChI is InChI=1S/C16H21ClFNO2/c1-21-16(20)15(11-8-12(17)10-13(18)9-11)19-14-6-4-2-3-5-7-14/h8-10,14-15,19H,2-7H2,1H3. The molecule has 0 saturated heterocycles. The third-order valence-electron chi connectivity index (χ3n) is 3.91. The van der Waals surface area contributed by atoms with Crippen LogP contribution in [0.15, 0.2) is 18.2 Å². The largest absolute Gasteiger partial charge is 0.468 e. The van der Waals surface area contributed by atoms with Crippen molar-refractivity contribution in [3.8, 4) is 0 Å². The molecule has 1 N–H and O–H groups in total. The van der Waals surface area contributed by atoms with Gasteiger partial charge in [-0.2, -0.15) is 0 Å². The van der Waals surface area contributed by atoms with E-state index in [1.54, 1.807) is 6.07 Å². The molecule has 5 heteroatoms. The topological polar surface area (TPSA) is 38.3 Å². The molecule has 0 amide bonds. The zero-order valence-corrected chi connectivity index (χ0v) is 13.0. The minimum Gasteiger partial charge on any atom is -0.468 e. The Morgan fingerprint density at radius 1 is 1.29 bits per heavy atom. The molecule has 1 saturated carbocycles. The molecular formula is C16H21ClFNO2. The minimum absolute atomic E-state index is 0.249. The van der Waals surface area contributed by atoms with Gasteiger partial charge in [0.1, 0.15) is 11.9 Å². The van der Waals surface area contributed by atoms with Gasteiger partial charge in [0.15, 0.2) is 0 Å². The van der Waals surface area contributed by atoms with E-state index in [0.717, 1.165) is 25.7 Å². The molecule has 1 aliphatic rings. The van der Waals surface area contributed by atoms with Crippen LogP contribution in [0, 0.1) is 5.82 Å². The number of rotatable bonds is 4. The first kappa shape index (κ1) is 16.2. The predicted octanol–water partition coefficient (Wildman–Crippen LogP) is 4.01. The molecule has 0 radical (unpaired) electrons. The molecule has 1 fully saturated rings. The highest BCUT2D eigenvalue weighted by Crippen LogP contribution is 2.24. The Balaban J connectivity index is 2.19. The highest BCUT2D eigenvalue weighted by Gasteiger charge is 2.26. The monoisotopic (exact) mass is 313 g/mol. The smallest absolute Gasteiger partial charge is 0.327 e. The summed E-state index contributed by atoms with van der Waals surface area (Å²) in [4.78, 5) is 12.0. The van der Waals surface area contributed by atoms with Crippen molar-refractivity contribution in [2.75, 3.05) is 7.11 Å². The number of hydrogen-bond donors (Lipinski definition) is 1. The summed E-state index contributed by atoms with van der Waals surface area (Å²) in [5, 5.41) is 3.60. The molecule has 0 heterocycles. The summed E-state index contributed by atoms with van der Waals surface area (Å²) in [5.74, 6) is -0.866. The fourth-order valence-corrected chi connectivity index (χ4v) is 3.07. The fourth-order valence-electron chi connectivity index (χ4n) is 2.84. The molecule has 21 heavy (non-hydrogen) atoms. The molecule has 1 unspecified atom stereocenters. The van der Waals surface area contributed by atoms with Crippen LogP contribution in [0.25, 0.3) is 0 Å². The van der Waals surface area contributed by atoms with Crippen LogP contribution in [0.2, 0.25) is 5.02 Å². The SMILES string of the molecule is COC(=O)C(NC1CCCCCC1)c1cc(F)cc(Cl)c1. The number of carbonyl (C=O) groups excluding carboxylic acids is 1. The predicted molar refractivity (Wildman–Crippen MR) is 80.8 cm³/mol. The number of carbonyl (C=O) groups is 1. The maximum atomic E-state index is 13.5. The number of ether oxygens (including phenoxy) is 1. The maximum Gasteiger partial charge on any atom is 0.327 e. The van der Waals surface area contributed by atoms with Gasteiger partial charge in [0, 0.05) is 11.1 Å². The summed E-state index contributed by atoms with van der Waals surface area (Å²) >= 11 is 5.89. The Morgan fingerprint density at radius 3 is 2.52 bits per heavy atom. The molecule has 3 nitrogen and oxygen atoms in total. The average Bonchev–Trinajstić information content (AvgIpc) is 2.71. The summed E-state index contributed by atoms with van der Waals surface area (Å²) < 4.78 is 18.4. The number of benzene rings is 1. The van der Waals surface area contributed by atoms with E-state index in [4.69, 9.17) is 16.3 Å². The molecule has 0 aromatic heterocycles. The van der Waals surface area contributed by atoms with Crippen molar-refractivity contribution in [1.29, 1.82) is 0 Å². The molecule has 1 aromatic rings. The van der Waals surface area contributed by atoms with Gasteiger partial charge in [0.2, 0.25) is 0 Å². The van der Waals surface area contributed by atoms with E-state index < -0.39 is 17.8 Å². The number of methoxy groups -OCH3 is 1. The van der Waals surface area contributed by atoms with Crippen LogP contribution < -0.4 is 5.32 Å². The first-order valence-electron chi connectivity index (χ1n) is 7.40. The van der Waals surface area contributed by atoms with Crippen LogP contribution in [-0.2, 0) is 9.53 Å². The summed E-state index contributed by atoms with van der Waals surface area (Å²) in [5.41, 5.74) is 0.510. The van der Waals surface area contributed by atoms with Crippen LogP contribution in [-0.4, -0.2) is 19.1 Å². The van der Waals surface area contributed by atoms with Gasteiger partial charge in [0.05, 0.1) is 7.11 Å². The van der Waals surface area contributed by atoms with Gasteiger partial charge in [-0.15, -0.1) is 0 Å². The molecular weight excluding hydrogens is 293 g/mol. The van der Waals surface area contributed by atoms with Crippen molar-refractivity contribution in [1.82, 2.24) is 5.32 Å². The summed E-state index contributed by atoms with van der Waals surface area (Å²) in [7, 11) is 1.34. The van der Waals surface area contributed by atoms with Gasteiger partial charge in [-0.05, 0) is 36.6 Å². The molecule has 2 rings (SSSR count). The highest BCUT2D eigenvalue weighted by atomic mass is 35.5. The number of nitrogens with one attached hydrogen (secondary N) is 1. The van der Waals surface area contributed by atoms with Crippen LogP contribution in [0.5, 0.6) is 0 Å². The van der Waals surface area contributed by atoms with Gasteiger partial charge >= 0.3 is 5.97 Å². The Hall–Kier alpha value is -1.13. The van der Waals surface area contributed by atoms with E-state index in [2.05, 4.69) is 5.32 Å². The van der Waals surface area contributed by atoms with Crippen molar-refractivity contribution in [2.45, 2.75) is 50.6 Å². The lowest BCUT2D eigenvalue weighted by Crippen LogP contribution is -2.37. The summed E-state index contributed by atoms with van der Waals surface area (Å²) in [6.07, 6.45) is 6.80. The number of halogens is 2. The van der Waals surface area contributed by atoms with Crippen LogP contribution in [0.3, 0.4) is 0 Å². The van der Waals surface area contributed by atoms with Gasteiger partial charge in [0.25, 0.3) is 0 Å². The van der Waals surface area contributed by atoms with Crippen molar-refractivity contribution >= 4 is 17.6 Å². The molecule has 0 bridgehead atoms. The second kappa shape index (κ2) is 7.76. The van der Waals surface area contributed by atoms with Crippen molar-refractivity contribution in [3.63, 3.8) is 0 Å². The Kier molecular flexibility index (Phi) is 6.00. The fraction of sp³-hybridized carbons (Fsp3) is 0.562. The van der Waals surface area contributed by atoms with Crippen molar-refractivity contribution in [2.24, 2.45) is 0 Å². The van der Waals surface area contributed by atoms with Gasteiger partial charge in [-0.3, -0.25) is 5.32 Å². The van der Waals surface area contributed by atoms with E-state index >= 15 is 0 Å². The zero-order valence-electron chi connectivity index (χ0n) is 12.2. The first-order valence-corrected chi connectivity index (χ1v) is 7.78. The lowest BCUT2D eigenvalue weighted by Gasteiger charge is -2.23. The van der Waals surface area contributed by atoms with Gasteiger partial charge < -0.3 is 4.74 Å². The Labute approximate surface area is 129 Å². The lowest BCUT2D eigenvalue weighted by atomic mass is 10.0. The van der Waals surface area contributed by atoms with Crippen molar-refractivity contribution < 1.29 is 13.9 Å². The maximum absolute atomic E-state index is 13.5. The minimum atomic E-state index is -0.675. The van der Waals surface area contributed by atoms with Crippen LogP contribution in [0.1, 0.15) is 50.1 Å². The van der Waals surface area contributed by atoms with E-state index in [0.29, 0.717) is 5.56 Å². The zero-order chi connectivity index (χ0) is 15.2. The lowest BCUT2D eigenvalue weighted by molar-refractivity contribution is -0.143.